The van der Waals surface area contributed by atoms with E-state index in [4.69, 9.17) is 4.74 Å². The molecule has 5 nitrogen and oxygen atoms in total. The van der Waals surface area contributed by atoms with Crippen molar-refractivity contribution >= 4 is 5.91 Å². The van der Waals surface area contributed by atoms with E-state index in [0.717, 1.165) is 32.5 Å². The number of quaternary nitrogens is 2. The second kappa shape index (κ2) is 6.50. The molecule has 2 heterocycles. The van der Waals surface area contributed by atoms with Crippen molar-refractivity contribution in [3.63, 3.8) is 0 Å². The third kappa shape index (κ3) is 3.67. The summed E-state index contributed by atoms with van der Waals surface area (Å²) in [6, 6.07) is 0.0690. The third-order valence-corrected chi connectivity index (χ3v) is 4.28. The molecule has 0 radical (unpaired) electrons. The molecule has 3 N–H and O–H groups in total. The largest absolute Gasteiger partial charge is 0.376 e. The number of ether oxygens (including phenoxy) is 1. The predicted molar refractivity (Wildman–Crippen MR) is 68.8 cm³/mol. The van der Waals surface area contributed by atoms with Crippen LogP contribution in [0.25, 0.3) is 0 Å². The van der Waals surface area contributed by atoms with Crippen LogP contribution in [0.15, 0.2) is 0 Å². The van der Waals surface area contributed by atoms with E-state index in [9.17, 15) is 4.79 Å². The first-order valence-electron chi connectivity index (χ1n) is 7.22. The van der Waals surface area contributed by atoms with Crippen molar-refractivity contribution < 1.29 is 19.3 Å². The van der Waals surface area contributed by atoms with Gasteiger partial charge in [-0.3, -0.25) is 4.79 Å². The van der Waals surface area contributed by atoms with Gasteiger partial charge in [-0.1, -0.05) is 0 Å². The van der Waals surface area contributed by atoms with Crippen LogP contribution in [0, 0.1) is 0 Å². The summed E-state index contributed by atoms with van der Waals surface area (Å²) < 4.78 is 5.52. The van der Waals surface area contributed by atoms with E-state index >= 15 is 0 Å². The van der Waals surface area contributed by atoms with Crippen LogP contribution in [0.5, 0.6) is 0 Å². The van der Waals surface area contributed by atoms with Crippen LogP contribution in [0.1, 0.15) is 19.8 Å². The monoisotopic (exact) mass is 257 g/mol. The fourth-order valence-corrected chi connectivity index (χ4v) is 2.79. The van der Waals surface area contributed by atoms with Gasteiger partial charge < -0.3 is 19.9 Å². The first kappa shape index (κ1) is 13.8. The van der Waals surface area contributed by atoms with E-state index in [1.807, 2.05) is 6.92 Å². The van der Waals surface area contributed by atoms with Gasteiger partial charge in [0.25, 0.3) is 5.91 Å². The van der Waals surface area contributed by atoms with Crippen molar-refractivity contribution in [3.8, 4) is 0 Å². The van der Waals surface area contributed by atoms with Crippen molar-refractivity contribution in [2.45, 2.75) is 31.9 Å². The molecule has 2 fully saturated rings. The van der Waals surface area contributed by atoms with Crippen molar-refractivity contribution in [3.05, 3.63) is 0 Å². The van der Waals surface area contributed by atoms with Crippen molar-refractivity contribution in [1.29, 1.82) is 0 Å². The summed E-state index contributed by atoms with van der Waals surface area (Å²) >= 11 is 0. The molecule has 0 aliphatic carbocycles. The maximum absolute atomic E-state index is 12.1. The normalized spacial score (nSPS) is 34.2. The summed E-state index contributed by atoms with van der Waals surface area (Å²) in [4.78, 5) is 15.1. The Bertz CT molecular complexity index is 271. The summed E-state index contributed by atoms with van der Waals surface area (Å²) in [5.41, 5.74) is 0. The van der Waals surface area contributed by atoms with Crippen LogP contribution in [-0.2, 0) is 9.53 Å². The van der Waals surface area contributed by atoms with Crippen molar-refractivity contribution in [2.75, 3.05) is 46.4 Å². The third-order valence-electron chi connectivity index (χ3n) is 4.28. The summed E-state index contributed by atoms with van der Waals surface area (Å²) in [7, 11) is 2.22. The molecule has 2 saturated heterocycles. The smallest absolute Gasteiger partial charge is 0.278 e. The van der Waals surface area contributed by atoms with Crippen LogP contribution in [0.3, 0.4) is 0 Å². The van der Waals surface area contributed by atoms with Gasteiger partial charge in [0.2, 0.25) is 0 Å². The number of carbonyl (C=O) groups excluding carboxylic acids is 1. The minimum absolute atomic E-state index is 0.0690. The summed E-state index contributed by atoms with van der Waals surface area (Å²) in [5, 5.41) is 3.04. The predicted octanol–water partition coefficient (Wildman–Crippen LogP) is -2.92. The zero-order valence-corrected chi connectivity index (χ0v) is 11.6. The lowest BCUT2D eigenvalue weighted by Crippen LogP contribution is -3.29. The van der Waals surface area contributed by atoms with E-state index in [-0.39, 0.29) is 18.1 Å². The van der Waals surface area contributed by atoms with Gasteiger partial charge in [-0.05, 0) is 19.8 Å². The Balaban J connectivity index is 1.70. The van der Waals surface area contributed by atoms with Gasteiger partial charge in [0.15, 0.2) is 6.04 Å². The maximum atomic E-state index is 12.1. The highest BCUT2D eigenvalue weighted by atomic mass is 16.5. The molecule has 0 aromatic carbocycles. The molecule has 0 aromatic rings. The Kier molecular flexibility index (Phi) is 4.97. The standard InChI is InChI=1S/C13H25N3O2/c1-11(16-7-5-15(2)6-8-16)13(17)14-10-12-4-3-9-18-12/h11-12H,3-10H2,1-2H3,(H,14,17)/p+2/t11-,12-/m1/s1. The van der Waals surface area contributed by atoms with Gasteiger partial charge in [0.1, 0.15) is 26.2 Å². The van der Waals surface area contributed by atoms with Crippen LogP contribution in [0.2, 0.25) is 0 Å². The van der Waals surface area contributed by atoms with Crippen LogP contribution < -0.4 is 15.1 Å². The van der Waals surface area contributed by atoms with Gasteiger partial charge in [0, 0.05) is 13.2 Å². The Hall–Kier alpha value is -0.650. The number of likely N-dealkylation sites (N-methyl/N-ethyl adjacent to an activating group) is 1. The highest BCUT2D eigenvalue weighted by Crippen LogP contribution is 2.10. The second-order valence-electron chi connectivity index (χ2n) is 5.72. The lowest BCUT2D eigenvalue weighted by Gasteiger charge is -2.31. The summed E-state index contributed by atoms with van der Waals surface area (Å²) in [5.74, 6) is 0.181. The summed E-state index contributed by atoms with van der Waals surface area (Å²) in [6.45, 7) is 8.10. The maximum Gasteiger partial charge on any atom is 0.278 e. The molecule has 18 heavy (non-hydrogen) atoms. The molecule has 2 aliphatic rings. The quantitative estimate of drug-likeness (QED) is 0.505. The van der Waals surface area contributed by atoms with E-state index < -0.39 is 0 Å². The number of amides is 1. The van der Waals surface area contributed by atoms with E-state index in [0.29, 0.717) is 6.54 Å². The highest BCUT2D eigenvalue weighted by molar-refractivity contribution is 5.79. The Labute approximate surface area is 109 Å². The van der Waals surface area contributed by atoms with Gasteiger partial charge in [-0.25, -0.2) is 0 Å². The average molecular weight is 257 g/mol. The molecule has 2 atom stereocenters. The highest BCUT2D eigenvalue weighted by Gasteiger charge is 2.30. The first-order valence-corrected chi connectivity index (χ1v) is 7.22. The molecule has 0 unspecified atom stereocenters. The zero-order valence-electron chi connectivity index (χ0n) is 11.6. The molecule has 5 heteroatoms. The number of hydrogen-bond acceptors (Lipinski definition) is 2. The zero-order chi connectivity index (χ0) is 13.0. The van der Waals surface area contributed by atoms with Crippen LogP contribution >= 0.6 is 0 Å². The van der Waals surface area contributed by atoms with E-state index in [1.165, 1.54) is 18.0 Å². The molecular formula is C13H27N3O2+2. The van der Waals surface area contributed by atoms with Gasteiger partial charge in [-0.15, -0.1) is 0 Å². The van der Waals surface area contributed by atoms with Gasteiger partial charge in [0.05, 0.1) is 13.2 Å². The number of carbonyl (C=O) groups is 1. The van der Waals surface area contributed by atoms with E-state index in [2.05, 4.69) is 12.4 Å². The lowest BCUT2D eigenvalue weighted by molar-refractivity contribution is -1.01. The molecule has 104 valence electrons. The minimum atomic E-state index is 0.0690. The first-order chi connectivity index (χ1) is 8.66. The molecular weight excluding hydrogens is 230 g/mol. The fourth-order valence-electron chi connectivity index (χ4n) is 2.79. The number of hydrogen-bond donors (Lipinski definition) is 3. The second-order valence-corrected chi connectivity index (χ2v) is 5.72. The Morgan fingerprint density at radius 2 is 2.11 bits per heavy atom. The number of rotatable bonds is 4. The Morgan fingerprint density at radius 3 is 2.72 bits per heavy atom. The molecule has 0 saturated carbocycles. The topological polar surface area (TPSA) is 47.2 Å². The molecule has 2 aliphatic heterocycles. The average Bonchev–Trinajstić information content (AvgIpc) is 2.89. The minimum Gasteiger partial charge on any atom is -0.376 e. The molecule has 0 bridgehead atoms. The summed E-state index contributed by atoms with van der Waals surface area (Å²) in [6.07, 6.45) is 2.45. The SMILES string of the molecule is C[C@H](C(=O)NC[C@H]1CCCO1)[NH+]1CC[NH+](C)CC1. The van der Waals surface area contributed by atoms with E-state index in [1.54, 1.807) is 4.90 Å². The fraction of sp³-hybridized carbons (Fsp3) is 0.923. The van der Waals surface area contributed by atoms with Crippen molar-refractivity contribution in [1.82, 2.24) is 5.32 Å². The molecule has 0 spiro atoms. The van der Waals surface area contributed by atoms with Gasteiger partial charge in [-0.2, -0.15) is 0 Å². The molecule has 2 rings (SSSR count). The lowest BCUT2D eigenvalue weighted by atomic mass is 10.2. The number of piperazine rings is 1. The Morgan fingerprint density at radius 1 is 1.39 bits per heavy atom. The molecule has 1 amide bonds. The molecule has 0 aromatic heterocycles. The van der Waals surface area contributed by atoms with Crippen molar-refractivity contribution in [2.24, 2.45) is 0 Å². The number of nitrogens with one attached hydrogen (secondary N) is 3. The van der Waals surface area contributed by atoms with Crippen LogP contribution in [-0.4, -0.2) is 64.4 Å². The van der Waals surface area contributed by atoms with Crippen LogP contribution in [0.4, 0.5) is 0 Å². The van der Waals surface area contributed by atoms with Gasteiger partial charge >= 0.3 is 0 Å².